The number of carbonyl (C=O) groups excluding carboxylic acids is 1. The Hall–Kier alpha value is -2.23. The number of furan rings is 1. The molecule has 0 N–H and O–H groups in total. The summed E-state index contributed by atoms with van der Waals surface area (Å²) in [6, 6.07) is 3.30. The quantitative estimate of drug-likeness (QED) is 0.758. The Morgan fingerprint density at radius 3 is 2.73 bits per heavy atom. The molecule has 1 unspecified atom stereocenters. The largest absolute Gasteiger partial charge is 0.461 e. The molecule has 0 spiro atoms. The summed E-state index contributed by atoms with van der Waals surface area (Å²) in [7, 11) is -3.06. The van der Waals surface area contributed by atoms with Gasteiger partial charge in [0.2, 0.25) is 11.7 Å². The third-order valence-electron chi connectivity index (χ3n) is 5.08. The first kappa shape index (κ1) is 17.2. The van der Waals surface area contributed by atoms with Crippen LogP contribution in [0.1, 0.15) is 32.1 Å². The van der Waals surface area contributed by atoms with Crippen LogP contribution in [-0.2, 0) is 21.2 Å². The van der Waals surface area contributed by atoms with E-state index >= 15 is 0 Å². The first-order valence-corrected chi connectivity index (χ1v) is 10.7. The van der Waals surface area contributed by atoms with Crippen LogP contribution in [0, 0.1) is 0 Å². The van der Waals surface area contributed by atoms with E-state index in [1.165, 1.54) is 11.1 Å². The molecule has 2 aliphatic rings. The van der Waals surface area contributed by atoms with Crippen LogP contribution in [0.2, 0.25) is 0 Å². The summed E-state index contributed by atoms with van der Waals surface area (Å²) in [5.41, 5.74) is 0. The molecule has 140 valence electrons. The molecule has 2 aromatic rings. The number of nitrogens with zero attached hydrogens (tertiary/aromatic N) is 5. The normalized spacial score (nSPS) is 22.7. The fourth-order valence-corrected chi connectivity index (χ4v) is 5.61. The minimum atomic E-state index is -3.06. The van der Waals surface area contributed by atoms with E-state index in [2.05, 4.69) is 15.4 Å². The van der Waals surface area contributed by atoms with Crippen molar-refractivity contribution in [2.24, 2.45) is 0 Å². The average molecular weight is 379 g/mol. The van der Waals surface area contributed by atoms with Crippen LogP contribution in [0.25, 0.3) is 11.6 Å². The standard InChI is InChI=1S/C16H21N5O4S/c22-15(10-20-18-16(17-19-20)14-6-3-8-25-14)21(12-4-1-2-5-12)13-7-9-26(23,24)11-13/h3,6,8,12-13H,1-2,4-5,7,9-11H2. The second-order valence-corrected chi connectivity index (χ2v) is 9.15. The SMILES string of the molecule is O=C(Cn1nnc(-c2ccco2)n1)N(C1CCCC1)C1CCS(=O)(=O)C1. The molecule has 0 bridgehead atoms. The first-order chi connectivity index (χ1) is 12.5. The van der Waals surface area contributed by atoms with Crippen LogP contribution < -0.4 is 0 Å². The Morgan fingerprint density at radius 2 is 2.08 bits per heavy atom. The van der Waals surface area contributed by atoms with Crippen LogP contribution in [0.4, 0.5) is 0 Å². The molecule has 1 amide bonds. The van der Waals surface area contributed by atoms with Crippen LogP contribution in [0.5, 0.6) is 0 Å². The molecule has 1 aliphatic carbocycles. The van der Waals surface area contributed by atoms with Crippen LogP contribution in [-0.4, -0.2) is 63.0 Å². The summed E-state index contributed by atoms with van der Waals surface area (Å²) >= 11 is 0. The van der Waals surface area contributed by atoms with Gasteiger partial charge >= 0.3 is 0 Å². The monoisotopic (exact) mass is 379 g/mol. The zero-order valence-electron chi connectivity index (χ0n) is 14.3. The summed E-state index contributed by atoms with van der Waals surface area (Å²) in [4.78, 5) is 16.0. The van der Waals surface area contributed by atoms with Crippen molar-refractivity contribution >= 4 is 15.7 Å². The number of aromatic nitrogens is 4. The van der Waals surface area contributed by atoms with Gasteiger partial charge in [0.25, 0.3) is 0 Å². The molecule has 2 fully saturated rings. The van der Waals surface area contributed by atoms with Crippen molar-refractivity contribution in [3.05, 3.63) is 18.4 Å². The highest BCUT2D eigenvalue weighted by atomic mass is 32.2. The molecule has 0 aromatic carbocycles. The lowest BCUT2D eigenvalue weighted by Gasteiger charge is -2.33. The molecule has 10 heteroatoms. The zero-order chi connectivity index (χ0) is 18.1. The molecule has 2 aromatic heterocycles. The van der Waals surface area contributed by atoms with Gasteiger partial charge in [-0.1, -0.05) is 12.8 Å². The maximum Gasteiger partial charge on any atom is 0.246 e. The van der Waals surface area contributed by atoms with Crippen LogP contribution >= 0.6 is 0 Å². The number of tetrazole rings is 1. The summed E-state index contributed by atoms with van der Waals surface area (Å²) in [6.45, 7) is -0.0548. The van der Waals surface area contributed by atoms with E-state index in [1.54, 1.807) is 17.0 Å². The molecule has 26 heavy (non-hydrogen) atoms. The molecule has 1 saturated heterocycles. The highest BCUT2D eigenvalue weighted by Gasteiger charge is 2.39. The molecule has 9 nitrogen and oxygen atoms in total. The predicted molar refractivity (Wildman–Crippen MR) is 91.7 cm³/mol. The van der Waals surface area contributed by atoms with Crippen LogP contribution in [0.3, 0.4) is 0 Å². The Balaban J connectivity index is 1.51. The van der Waals surface area contributed by atoms with Gasteiger partial charge in [0.05, 0.1) is 17.8 Å². The summed E-state index contributed by atoms with van der Waals surface area (Å²) in [5.74, 6) is 0.857. The highest BCUT2D eigenvalue weighted by molar-refractivity contribution is 7.91. The van der Waals surface area contributed by atoms with E-state index in [0.717, 1.165) is 25.7 Å². The lowest BCUT2D eigenvalue weighted by atomic mass is 10.1. The van der Waals surface area contributed by atoms with Gasteiger partial charge in [0, 0.05) is 12.1 Å². The smallest absolute Gasteiger partial charge is 0.246 e. The third kappa shape index (κ3) is 3.50. The molecule has 4 rings (SSSR count). The number of carbonyl (C=O) groups is 1. The maximum absolute atomic E-state index is 13.0. The summed E-state index contributed by atoms with van der Waals surface area (Å²) in [5, 5.41) is 12.0. The molecule has 1 aliphatic heterocycles. The topological polar surface area (TPSA) is 111 Å². The Bertz CT molecular complexity index is 870. The Kier molecular flexibility index (Phi) is 4.51. The maximum atomic E-state index is 13.0. The van der Waals surface area contributed by atoms with Crippen molar-refractivity contribution in [1.29, 1.82) is 0 Å². The molecule has 0 radical (unpaired) electrons. The highest BCUT2D eigenvalue weighted by Crippen LogP contribution is 2.29. The summed E-state index contributed by atoms with van der Waals surface area (Å²) in [6.07, 6.45) is 6.00. The first-order valence-electron chi connectivity index (χ1n) is 8.85. The van der Waals surface area contributed by atoms with Gasteiger partial charge < -0.3 is 9.32 Å². The molecule has 3 heterocycles. The fourth-order valence-electron chi connectivity index (χ4n) is 3.90. The van der Waals surface area contributed by atoms with Crippen molar-refractivity contribution in [1.82, 2.24) is 25.1 Å². The van der Waals surface area contributed by atoms with Crippen molar-refractivity contribution in [3.8, 4) is 11.6 Å². The number of sulfone groups is 1. The van der Waals surface area contributed by atoms with E-state index in [-0.39, 0.29) is 36.0 Å². The number of hydrogen-bond acceptors (Lipinski definition) is 7. The lowest BCUT2D eigenvalue weighted by molar-refractivity contribution is -0.136. The number of rotatable bonds is 5. The minimum Gasteiger partial charge on any atom is -0.461 e. The van der Waals surface area contributed by atoms with Gasteiger partial charge in [-0.15, -0.1) is 10.2 Å². The van der Waals surface area contributed by atoms with Gasteiger partial charge in [-0.3, -0.25) is 4.79 Å². The number of amides is 1. The molecule has 1 atom stereocenters. The third-order valence-corrected chi connectivity index (χ3v) is 6.83. The van der Waals surface area contributed by atoms with Gasteiger partial charge in [-0.2, -0.15) is 4.80 Å². The van der Waals surface area contributed by atoms with Crippen molar-refractivity contribution < 1.29 is 17.6 Å². The Labute approximate surface area is 151 Å². The van der Waals surface area contributed by atoms with Gasteiger partial charge in [-0.05, 0) is 36.6 Å². The van der Waals surface area contributed by atoms with Gasteiger partial charge in [0.15, 0.2) is 15.6 Å². The average Bonchev–Trinajstić information content (AvgIpc) is 3.34. The Morgan fingerprint density at radius 1 is 1.27 bits per heavy atom. The molecular formula is C16H21N5O4S. The van der Waals surface area contributed by atoms with E-state index in [0.29, 0.717) is 18.0 Å². The second-order valence-electron chi connectivity index (χ2n) is 6.92. The van der Waals surface area contributed by atoms with Gasteiger partial charge in [-0.25, -0.2) is 8.42 Å². The van der Waals surface area contributed by atoms with Crippen molar-refractivity contribution in [2.75, 3.05) is 11.5 Å². The van der Waals surface area contributed by atoms with Crippen LogP contribution in [0.15, 0.2) is 22.8 Å². The lowest BCUT2D eigenvalue weighted by Crippen LogP contribution is -2.48. The van der Waals surface area contributed by atoms with E-state index in [4.69, 9.17) is 4.42 Å². The minimum absolute atomic E-state index is 0.0532. The van der Waals surface area contributed by atoms with E-state index < -0.39 is 9.84 Å². The predicted octanol–water partition coefficient (Wildman–Crippen LogP) is 0.891. The van der Waals surface area contributed by atoms with E-state index in [1.807, 2.05) is 0 Å². The van der Waals surface area contributed by atoms with Gasteiger partial charge in [0.1, 0.15) is 6.54 Å². The molecular weight excluding hydrogens is 358 g/mol. The fraction of sp³-hybridized carbons (Fsp3) is 0.625. The zero-order valence-corrected chi connectivity index (χ0v) is 15.1. The molecule has 1 saturated carbocycles. The van der Waals surface area contributed by atoms with E-state index in [9.17, 15) is 13.2 Å². The van der Waals surface area contributed by atoms with Crippen molar-refractivity contribution in [3.63, 3.8) is 0 Å². The van der Waals surface area contributed by atoms with Crippen molar-refractivity contribution in [2.45, 2.75) is 50.7 Å². The second kappa shape index (κ2) is 6.82. The summed E-state index contributed by atoms with van der Waals surface area (Å²) < 4.78 is 29.0. The number of hydrogen-bond donors (Lipinski definition) is 0.